The van der Waals surface area contributed by atoms with Gasteiger partial charge in [-0.2, -0.15) is 0 Å². The minimum atomic E-state index is -3.13. The van der Waals surface area contributed by atoms with Gasteiger partial charge in [0.25, 0.3) is 5.56 Å². The zero-order chi connectivity index (χ0) is 13.2. The fraction of sp³-hybridized carbons (Fsp3) is 0.600. The molecule has 0 saturated heterocycles. The molecule has 0 aliphatic carbocycles. The van der Waals surface area contributed by atoms with Crippen LogP contribution in [-0.2, 0) is 16.4 Å². The molecule has 0 aromatic carbocycles. The van der Waals surface area contributed by atoms with E-state index in [1.807, 2.05) is 22.6 Å². The van der Waals surface area contributed by atoms with Crippen LogP contribution in [0.5, 0.6) is 0 Å². The van der Waals surface area contributed by atoms with Crippen LogP contribution in [0.25, 0.3) is 0 Å². The summed E-state index contributed by atoms with van der Waals surface area (Å²) in [6.45, 7) is 5.13. The standard InChI is InChI=1S/C10H15IN2O3S/c1-7(2)17(15,16)5-4-13-8(3)12-6-9(11)10(13)14/h6-7H,4-5H2,1-3H3. The van der Waals surface area contributed by atoms with Gasteiger partial charge in [-0.15, -0.1) is 0 Å². The highest BCUT2D eigenvalue weighted by Crippen LogP contribution is 2.03. The molecule has 0 aliphatic rings. The second-order valence-electron chi connectivity index (χ2n) is 4.03. The van der Waals surface area contributed by atoms with E-state index in [2.05, 4.69) is 4.98 Å². The Labute approximate surface area is 114 Å². The second-order valence-corrected chi connectivity index (χ2v) is 7.86. The maximum absolute atomic E-state index is 11.8. The van der Waals surface area contributed by atoms with Gasteiger partial charge in [0.15, 0.2) is 9.84 Å². The highest BCUT2D eigenvalue weighted by Gasteiger charge is 2.17. The number of sulfone groups is 1. The van der Waals surface area contributed by atoms with E-state index < -0.39 is 15.1 Å². The number of aryl methyl sites for hydroxylation is 1. The maximum Gasteiger partial charge on any atom is 0.266 e. The van der Waals surface area contributed by atoms with Crippen molar-refractivity contribution in [1.29, 1.82) is 0 Å². The Morgan fingerprint density at radius 1 is 1.47 bits per heavy atom. The summed E-state index contributed by atoms with van der Waals surface area (Å²) in [7, 11) is -3.13. The van der Waals surface area contributed by atoms with Gasteiger partial charge in [-0.25, -0.2) is 13.4 Å². The number of hydrogen-bond donors (Lipinski definition) is 0. The molecular weight excluding hydrogens is 355 g/mol. The van der Waals surface area contributed by atoms with Crippen molar-refractivity contribution in [3.05, 3.63) is 25.9 Å². The summed E-state index contributed by atoms with van der Waals surface area (Å²) < 4.78 is 25.2. The summed E-state index contributed by atoms with van der Waals surface area (Å²) in [5, 5.41) is -0.422. The highest BCUT2D eigenvalue weighted by molar-refractivity contribution is 14.1. The lowest BCUT2D eigenvalue weighted by Crippen LogP contribution is -2.30. The van der Waals surface area contributed by atoms with Crippen molar-refractivity contribution in [1.82, 2.24) is 9.55 Å². The number of nitrogens with zero attached hydrogens (tertiary/aromatic N) is 2. The van der Waals surface area contributed by atoms with Crippen molar-refractivity contribution in [2.75, 3.05) is 5.75 Å². The van der Waals surface area contributed by atoms with Crippen LogP contribution in [0.15, 0.2) is 11.0 Å². The molecule has 1 aromatic heterocycles. The van der Waals surface area contributed by atoms with E-state index in [0.29, 0.717) is 9.39 Å². The zero-order valence-corrected chi connectivity index (χ0v) is 12.9. The average molecular weight is 370 g/mol. The van der Waals surface area contributed by atoms with Gasteiger partial charge >= 0.3 is 0 Å². The Morgan fingerprint density at radius 3 is 2.59 bits per heavy atom. The number of hydrogen-bond acceptors (Lipinski definition) is 4. The van der Waals surface area contributed by atoms with Gasteiger partial charge in [0.05, 0.1) is 14.6 Å². The predicted octanol–water partition coefficient (Wildman–Crippen LogP) is 0.980. The Bertz CT molecular complexity index is 563. The predicted molar refractivity (Wildman–Crippen MR) is 74.9 cm³/mol. The van der Waals surface area contributed by atoms with E-state index in [0.717, 1.165) is 0 Å². The lowest BCUT2D eigenvalue weighted by molar-refractivity contribution is 0.575. The molecule has 0 aliphatic heterocycles. The third-order valence-electron chi connectivity index (χ3n) is 2.52. The van der Waals surface area contributed by atoms with E-state index in [-0.39, 0.29) is 17.9 Å². The van der Waals surface area contributed by atoms with Crippen LogP contribution in [0.3, 0.4) is 0 Å². The average Bonchev–Trinajstić information content (AvgIpc) is 2.23. The van der Waals surface area contributed by atoms with Crippen LogP contribution in [-0.4, -0.2) is 29.0 Å². The zero-order valence-electron chi connectivity index (χ0n) is 9.97. The van der Waals surface area contributed by atoms with Crippen molar-refractivity contribution in [2.24, 2.45) is 0 Å². The second kappa shape index (κ2) is 5.47. The van der Waals surface area contributed by atoms with E-state index in [4.69, 9.17) is 0 Å². The molecule has 0 amide bonds. The molecule has 0 saturated carbocycles. The quantitative estimate of drug-likeness (QED) is 0.741. The molecule has 0 atom stereocenters. The number of aromatic nitrogens is 2. The Morgan fingerprint density at radius 2 is 2.06 bits per heavy atom. The van der Waals surface area contributed by atoms with Gasteiger partial charge in [0.1, 0.15) is 5.82 Å². The number of halogens is 1. The van der Waals surface area contributed by atoms with Crippen LogP contribution in [0, 0.1) is 10.5 Å². The summed E-state index contributed by atoms with van der Waals surface area (Å²) in [5.74, 6) is 0.502. The molecule has 96 valence electrons. The Hall–Kier alpha value is -0.440. The minimum Gasteiger partial charge on any atom is -0.295 e. The molecule has 0 bridgehead atoms. The van der Waals surface area contributed by atoms with Gasteiger partial charge in [-0.3, -0.25) is 9.36 Å². The van der Waals surface area contributed by atoms with Crippen LogP contribution in [0.2, 0.25) is 0 Å². The van der Waals surface area contributed by atoms with E-state index in [1.165, 1.54) is 10.8 Å². The molecule has 0 unspecified atom stereocenters. The molecule has 0 spiro atoms. The minimum absolute atomic E-state index is 0.0345. The third-order valence-corrected chi connectivity index (χ3v) is 5.45. The van der Waals surface area contributed by atoms with Gasteiger partial charge in [0, 0.05) is 12.7 Å². The molecule has 7 heteroatoms. The third kappa shape index (κ3) is 3.51. The molecule has 17 heavy (non-hydrogen) atoms. The smallest absolute Gasteiger partial charge is 0.266 e. The summed E-state index contributed by atoms with van der Waals surface area (Å²) in [6.07, 6.45) is 1.49. The summed E-state index contributed by atoms with van der Waals surface area (Å²) in [5.41, 5.74) is -0.183. The van der Waals surface area contributed by atoms with E-state index in [9.17, 15) is 13.2 Å². The maximum atomic E-state index is 11.8. The van der Waals surface area contributed by atoms with Gasteiger partial charge in [0.2, 0.25) is 0 Å². The van der Waals surface area contributed by atoms with Crippen LogP contribution in [0.4, 0.5) is 0 Å². The van der Waals surface area contributed by atoms with Gasteiger partial charge in [-0.1, -0.05) is 0 Å². The first-order valence-electron chi connectivity index (χ1n) is 5.19. The van der Waals surface area contributed by atoms with Gasteiger partial charge < -0.3 is 0 Å². The SMILES string of the molecule is Cc1ncc(I)c(=O)n1CCS(=O)(=O)C(C)C. The van der Waals surface area contributed by atoms with Crippen LogP contribution in [0.1, 0.15) is 19.7 Å². The largest absolute Gasteiger partial charge is 0.295 e. The monoisotopic (exact) mass is 370 g/mol. The van der Waals surface area contributed by atoms with Crippen molar-refractivity contribution in [3.63, 3.8) is 0 Å². The Balaban J connectivity index is 2.99. The summed E-state index contributed by atoms with van der Waals surface area (Å²) >= 11 is 1.90. The molecule has 0 N–H and O–H groups in total. The summed E-state index contributed by atoms with van der Waals surface area (Å²) in [6, 6.07) is 0. The summed E-state index contributed by atoms with van der Waals surface area (Å²) in [4.78, 5) is 15.8. The van der Waals surface area contributed by atoms with Crippen LogP contribution < -0.4 is 5.56 Å². The molecule has 1 rings (SSSR count). The molecule has 0 radical (unpaired) electrons. The van der Waals surface area contributed by atoms with Gasteiger partial charge in [-0.05, 0) is 43.4 Å². The van der Waals surface area contributed by atoms with Crippen molar-refractivity contribution in [2.45, 2.75) is 32.6 Å². The van der Waals surface area contributed by atoms with E-state index in [1.54, 1.807) is 20.8 Å². The lowest BCUT2D eigenvalue weighted by atomic mass is 10.5. The first-order valence-corrected chi connectivity index (χ1v) is 7.98. The number of rotatable bonds is 4. The lowest BCUT2D eigenvalue weighted by Gasteiger charge is -2.11. The fourth-order valence-corrected chi connectivity index (χ4v) is 2.61. The van der Waals surface area contributed by atoms with Crippen molar-refractivity contribution >= 4 is 32.4 Å². The van der Waals surface area contributed by atoms with Crippen molar-refractivity contribution < 1.29 is 8.42 Å². The van der Waals surface area contributed by atoms with E-state index >= 15 is 0 Å². The molecule has 1 aromatic rings. The Kier molecular flexibility index (Phi) is 4.70. The topological polar surface area (TPSA) is 69.0 Å². The molecular formula is C10H15IN2O3S. The molecule has 5 nitrogen and oxygen atoms in total. The molecule has 0 fully saturated rings. The normalized spacial score (nSPS) is 12.1. The van der Waals surface area contributed by atoms with Crippen LogP contribution >= 0.6 is 22.6 Å². The highest BCUT2D eigenvalue weighted by atomic mass is 127. The molecule has 1 heterocycles. The fourth-order valence-electron chi connectivity index (χ4n) is 1.27. The van der Waals surface area contributed by atoms with Crippen molar-refractivity contribution in [3.8, 4) is 0 Å². The first-order chi connectivity index (χ1) is 7.75. The first kappa shape index (κ1) is 14.6.